The number of pyridine rings is 1. The largest absolute Gasteiger partial charge is 0.496 e. The first-order chi connectivity index (χ1) is 12.9. The fourth-order valence-electron chi connectivity index (χ4n) is 3.29. The molecule has 1 aliphatic heterocycles. The van der Waals surface area contributed by atoms with Gasteiger partial charge >= 0.3 is 0 Å². The van der Waals surface area contributed by atoms with E-state index in [1.54, 1.807) is 42.6 Å². The average Bonchev–Trinajstić information content (AvgIpc) is 3.03. The van der Waals surface area contributed by atoms with Crippen molar-refractivity contribution in [1.29, 1.82) is 0 Å². The Bertz CT molecular complexity index is 913. The van der Waals surface area contributed by atoms with E-state index in [1.165, 1.54) is 7.11 Å². The minimum Gasteiger partial charge on any atom is -0.496 e. The van der Waals surface area contributed by atoms with E-state index in [4.69, 9.17) is 4.74 Å². The van der Waals surface area contributed by atoms with Crippen molar-refractivity contribution in [3.8, 4) is 5.75 Å². The maximum absolute atomic E-state index is 12.5. The maximum Gasteiger partial charge on any atom is 0.259 e. The van der Waals surface area contributed by atoms with Crippen molar-refractivity contribution < 1.29 is 17.9 Å². The highest BCUT2D eigenvalue weighted by atomic mass is 32.2. The van der Waals surface area contributed by atoms with Crippen molar-refractivity contribution in [2.45, 2.75) is 19.4 Å². The van der Waals surface area contributed by atoms with Crippen molar-refractivity contribution in [2.24, 2.45) is 0 Å². The predicted octanol–water partition coefficient (Wildman–Crippen LogP) is 2.36. The molecule has 0 bridgehead atoms. The number of anilines is 2. The molecule has 0 radical (unpaired) electrons. The van der Waals surface area contributed by atoms with Gasteiger partial charge in [-0.25, -0.2) is 13.4 Å². The summed E-state index contributed by atoms with van der Waals surface area (Å²) in [6, 6.07) is 10.5. The number of ether oxygens (including phenoxy) is 1. The molecule has 144 valence electrons. The van der Waals surface area contributed by atoms with E-state index in [-0.39, 0.29) is 23.5 Å². The first kappa shape index (κ1) is 19.2. The Morgan fingerprint density at radius 1 is 1.30 bits per heavy atom. The highest BCUT2D eigenvalue weighted by molar-refractivity contribution is 7.91. The van der Waals surface area contributed by atoms with Crippen molar-refractivity contribution in [3.05, 3.63) is 48.2 Å². The van der Waals surface area contributed by atoms with Crippen LogP contribution in [0, 0.1) is 0 Å². The highest BCUT2D eigenvalue weighted by Crippen LogP contribution is 2.24. The van der Waals surface area contributed by atoms with Crippen molar-refractivity contribution >= 4 is 27.2 Å². The SMILES string of the molecule is CCN(c1ccc(NC(=O)c2ccccc2OC)cn1)C1CCS(=O)(=O)C1. The van der Waals surface area contributed by atoms with Crippen LogP contribution < -0.4 is 15.0 Å². The van der Waals surface area contributed by atoms with Gasteiger partial charge < -0.3 is 15.0 Å². The Hall–Kier alpha value is -2.61. The van der Waals surface area contributed by atoms with Crippen LogP contribution in [0.3, 0.4) is 0 Å². The molecule has 1 aliphatic rings. The molecule has 3 rings (SSSR count). The molecule has 8 heteroatoms. The number of hydrogen-bond donors (Lipinski definition) is 1. The van der Waals surface area contributed by atoms with Gasteiger partial charge in [0.05, 0.1) is 36.1 Å². The lowest BCUT2D eigenvalue weighted by molar-refractivity contribution is 0.102. The van der Waals surface area contributed by atoms with E-state index < -0.39 is 9.84 Å². The Labute approximate surface area is 159 Å². The number of nitrogens with zero attached hydrogens (tertiary/aromatic N) is 2. The Balaban J connectivity index is 1.72. The molecule has 27 heavy (non-hydrogen) atoms. The molecule has 2 aromatic rings. The fourth-order valence-corrected chi connectivity index (χ4v) is 5.02. The van der Waals surface area contributed by atoms with Crippen molar-refractivity contribution in [3.63, 3.8) is 0 Å². The Kier molecular flexibility index (Phi) is 5.65. The molecule has 1 atom stereocenters. The van der Waals surface area contributed by atoms with E-state index in [1.807, 2.05) is 11.8 Å². The molecule has 0 spiro atoms. The van der Waals surface area contributed by atoms with Gasteiger partial charge in [0.1, 0.15) is 11.6 Å². The summed E-state index contributed by atoms with van der Waals surface area (Å²) in [5, 5.41) is 2.80. The molecular formula is C19H23N3O4S. The van der Waals surface area contributed by atoms with E-state index in [2.05, 4.69) is 10.3 Å². The molecule has 1 unspecified atom stereocenters. The summed E-state index contributed by atoms with van der Waals surface area (Å²) < 4.78 is 28.7. The molecule has 1 fully saturated rings. The minimum atomic E-state index is -2.96. The predicted molar refractivity (Wildman–Crippen MR) is 105 cm³/mol. The van der Waals surface area contributed by atoms with Crippen LogP contribution in [-0.2, 0) is 9.84 Å². The number of hydrogen-bond acceptors (Lipinski definition) is 6. The number of carbonyl (C=O) groups is 1. The molecule has 1 N–H and O–H groups in total. The molecular weight excluding hydrogens is 366 g/mol. The van der Waals surface area contributed by atoms with Crippen LogP contribution in [0.5, 0.6) is 5.75 Å². The number of carbonyl (C=O) groups excluding carboxylic acids is 1. The van der Waals surface area contributed by atoms with Gasteiger partial charge in [-0.2, -0.15) is 0 Å². The lowest BCUT2D eigenvalue weighted by Gasteiger charge is -2.28. The molecule has 1 amide bonds. The lowest BCUT2D eigenvalue weighted by Crippen LogP contribution is -2.36. The minimum absolute atomic E-state index is 0.0541. The maximum atomic E-state index is 12.5. The zero-order valence-electron chi connectivity index (χ0n) is 15.4. The summed E-state index contributed by atoms with van der Waals surface area (Å²) in [6.07, 6.45) is 2.19. The Morgan fingerprint density at radius 2 is 2.07 bits per heavy atom. The van der Waals surface area contributed by atoms with Crippen molar-refractivity contribution in [1.82, 2.24) is 4.98 Å². The molecule has 7 nitrogen and oxygen atoms in total. The van der Waals surface area contributed by atoms with Crippen molar-refractivity contribution in [2.75, 3.05) is 35.4 Å². The van der Waals surface area contributed by atoms with Crippen LogP contribution in [0.2, 0.25) is 0 Å². The normalized spacial score (nSPS) is 18.1. The number of rotatable bonds is 6. The highest BCUT2D eigenvalue weighted by Gasteiger charge is 2.32. The van der Waals surface area contributed by atoms with Gasteiger partial charge in [-0.15, -0.1) is 0 Å². The van der Waals surface area contributed by atoms with E-state index in [0.29, 0.717) is 35.8 Å². The molecule has 0 aliphatic carbocycles. The molecule has 1 aromatic heterocycles. The third-order valence-electron chi connectivity index (χ3n) is 4.64. The van der Waals surface area contributed by atoms with Crippen LogP contribution >= 0.6 is 0 Å². The fraction of sp³-hybridized carbons (Fsp3) is 0.368. The second-order valence-corrected chi connectivity index (χ2v) is 8.63. The number of benzene rings is 1. The molecule has 2 heterocycles. The standard InChI is InChI=1S/C19H23N3O4S/c1-3-22(15-10-11-27(24,25)13-15)18-9-8-14(12-20-18)21-19(23)16-6-4-5-7-17(16)26-2/h4-9,12,15H,3,10-11,13H2,1-2H3,(H,21,23). The van der Waals surface area contributed by atoms with Gasteiger partial charge in [0.15, 0.2) is 9.84 Å². The van der Waals surface area contributed by atoms with Crippen LogP contribution in [-0.4, -0.2) is 50.5 Å². The number of methoxy groups -OCH3 is 1. The summed E-state index contributed by atoms with van der Waals surface area (Å²) in [6.45, 7) is 2.64. The van der Waals surface area contributed by atoms with Gasteiger partial charge in [0.25, 0.3) is 5.91 Å². The third kappa shape index (κ3) is 4.39. The van der Waals surface area contributed by atoms with E-state index in [9.17, 15) is 13.2 Å². The average molecular weight is 389 g/mol. The topological polar surface area (TPSA) is 88.6 Å². The van der Waals surface area contributed by atoms with Gasteiger partial charge in [0, 0.05) is 12.6 Å². The van der Waals surface area contributed by atoms with Gasteiger partial charge in [-0.05, 0) is 37.6 Å². The van der Waals surface area contributed by atoms with E-state index in [0.717, 1.165) is 0 Å². The third-order valence-corrected chi connectivity index (χ3v) is 6.39. The van der Waals surface area contributed by atoms with E-state index >= 15 is 0 Å². The number of amides is 1. The second-order valence-electron chi connectivity index (χ2n) is 6.40. The summed E-state index contributed by atoms with van der Waals surface area (Å²) in [4.78, 5) is 18.9. The summed E-state index contributed by atoms with van der Waals surface area (Å²) in [7, 11) is -1.44. The zero-order chi connectivity index (χ0) is 19.4. The van der Waals surface area contributed by atoms with Gasteiger partial charge in [-0.1, -0.05) is 12.1 Å². The van der Waals surface area contributed by atoms with Crippen LogP contribution in [0.4, 0.5) is 11.5 Å². The number of nitrogens with one attached hydrogen (secondary N) is 1. The summed E-state index contributed by atoms with van der Waals surface area (Å²) in [5.41, 5.74) is 1.00. The van der Waals surface area contributed by atoms with Crippen LogP contribution in [0.1, 0.15) is 23.7 Å². The number of sulfone groups is 1. The van der Waals surface area contributed by atoms with Crippen LogP contribution in [0.25, 0.3) is 0 Å². The van der Waals surface area contributed by atoms with Gasteiger partial charge in [0.2, 0.25) is 0 Å². The molecule has 1 saturated heterocycles. The first-order valence-electron chi connectivity index (χ1n) is 8.81. The lowest BCUT2D eigenvalue weighted by atomic mass is 10.2. The monoisotopic (exact) mass is 389 g/mol. The number of para-hydroxylation sites is 1. The molecule has 0 saturated carbocycles. The summed E-state index contributed by atoms with van der Waals surface area (Å²) in [5.74, 6) is 1.31. The quantitative estimate of drug-likeness (QED) is 0.816. The van der Waals surface area contributed by atoms with Crippen LogP contribution in [0.15, 0.2) is 42.6 Å². The first-order valence-corrected chi connectivity index (χ1v) is 10.6. The second kappa shape index (κ2) is 7.96. The zero-order valence-corrected chi connectivity index (χ0v) is 16.2. The number of aromatic nitrogens is 1. The Morgan fingerprint density at radius 3 is 2.67 bits per heavy atom. The molecule has 1 aromatic carbocycles. The summed E-state index contributed by atoms with van der Waals surface area (Å²) >= 11 is 0. The smallest absolute Gasteiger partial charge is 0.259 e. The van der Waals surface area contributed by atoms with Gasteiger partial charge in [-0.3, -0.25) is 4.79 Å².